The van der Waals surface area contributed by atoms with E-state index < -0.39 is 0 Å². The van der Waals surface area contributed by atoms with Gasteiger partial charge in [-0.1, -0.05) is 26.0 Å². The van der Waals surface area contributed by atoms with Crippen molar-refractivity contribution in [3.05, 3.63) is 24.3 Å². The van der Waals surface area contributed by atoms with Gasteiger partial charge < -0.3 is 20.3 Å². The smallest absolute Gasteiger partial charge is 0.258 e. The van der Waals surface area contributed by atoms with E-state index in [2.05, 4.69) is 5.32 Å². The molecule has 1 amide bonds. The Balaban J connectivity index is 2.44. The summed E-state index contributed by atoms with van der Waals surface area (Å²) in [4.78, 5) is 11.6. The number of phenolic OH excluding ortho intramolecular Hbond substituents is 1. The van der Waals surface area contributed by atoms with Crippen LogP contribution in [0.1, 0.15) is 13.8 Å². The highest BCUT2D eigenvalue weighted by molar-refractivity contribution is 5.78. The minimum Gasteiger partial charge on any atom is -0.504 e. The number of aliphatic hydroxyl groups excluding tert-OH is 1. The van der Waals surface area contributed by atoms with Crippen molar-refractivity contribution in [1.82, 2.24) is 5.32 Å². The number of rotatable bonds is 6. The molecule has 1 aromatic rings. The van der Waals surface area contributed by atoms with Crippen molar-refractivity contribution in [2.24, 2.45) is 5.92 Å². The lowest BCUT2D eigenvalue weighted by molar-refractivity contribution is -0.124. The van der Waals surface area contributed by atoms with E-state index in [1.54, 1.807) is 18.2 Å². The Morgan fingerprint density at radius 3 is 2.61 bits per heavy atom. The van der Waals surface area contributed by atoms with Crippen LogP contribution in [0.4, 0.5) is 0 Å². The number of hydrogen-bond donors (Lipinski definition) is 3. The lowest BCUT2D eigenvalue weighted by Gasteiger charge is -2.19. The van der Waals surface area contributed by atoms with Gasteiger partial charge in [-0.25, -0.2) is 0 Å². The minimum absolute atomic E-state index is 0.00660. The van der Waals surface area contributed by atoms with E-state index >= 15 is 0 Å². The molecule has 100 valence electrons. The molecule has 0 aliphatic rings. The predicted octanol–water partition coefficient (Wildman–Crippen LogP) is 0.904. The van der Waals surface area contributed by atoms with E-state index in [0.717, 1.165) is 0 Å². The van der Waals surface area contributed by atoms with Crippen LogP contribution in [-0.4, -0.2) is 35.4 Å². The highest BCUT2D eigenvalue weighted by Crippen LogP contribution is 2.23. The third kappa shape index (κ3) is 4.25. The Kier molecular flexibility index (Phi) is 5.45. The highest BCUT2D eigenvalue weighted by atomic mass is 16.5. The molecule has 1 unspecified atom stereocenters. The molecule has 0 aliphatic carbocycles. The maximum absolute atomic E-state index is 11.6. The first kappa shape index (κ1) is 14.3. The number of phenols is 1. The molecular weight excluding hydrogens is 234 g/mol. The molecule has 3 N–H and O–H groups in total. The number of benzene rings is 1. The average Bonchev–Trinajstić information content (AvgIpc) is 2.34. The van der Waals surface area contributed by atoms with Crippen molar-refractivity contribution in [3.8, 4) is 11.5 Å². The molecule has 0 heterocycles. The minimum atomic E-state index is -0.328. The summed E-state index contributed by atoms with van der Waals surface area (Å²) in [7, 11) is 0. The Bertz CT molecular complexity index is 392. The fraction of sp³-hybridized carbons (Fsp3) is 0.462. The van der Waals surface area contributed by atoms with Crippen LogP contribution >= 0.6 is 0 Å². The van der Waals surface area contributed by atoms with Crippen LogP contribution in [0.5, 0.6) is 11.5 Å². The number of carbonyl (C=O) groups is 1. The van der Waals surface area contributed by atoms with Gasteiger partial charge >= 0.3 is 0 Å². The summed E-state index contributed by atoms with van der Waals surface area (Å²) in [6, 6.07) is 6.15. The zero-order chi connectivity index (χ0) is 13.5. The molecule has 1 rings (SSSR count). The van der Waals surface area contributed by atoms with Crippen molar-refractivity contribution in [1.29, 1.82) is 0 Å². The molecule has 0 bridgehead atoms. The van der Waals surface area contributed by atoms with Crippen molar-refractivity contribution in [3.63, 3.8) is 0 Å². The van der Waals surface area contributed by atoms with Crippen LogP contribution in [0.3, 0.4) is 0 Å². The van der Waals surface area contributed by atoms with Crippen LogP contribution in [0.25, 0.3) is 0 Å². The molecule has 0 aliphatic heterocycles. The zero-order valence-electron chi connectivity index (χ0n) is 10.6. The van der Waals surface area contributed by atoms with Gasteiger partial charge in [0.25, 0.3) is 5.91 Å². The zero-order valence-corrected chi connectivity index (χ0v) is 10.6. The third-order valence-corrected chi connectivity index (χ3v) is 2.57. The standard InChI is InChI=1S/C13H19NO4/c1-9(2)10(7-15)14-13(17)8-18-12-6-4-3-5-11(12)16/h3-6,9-10,15-16H,7-8H2,1-2H3,(H,14,17). The summed E-state index contributed by atoms with van der Waals surface area (Å²) in [6.45, 7) is 3.51. The molecule has 5 heteroatoms. The first-order valence-electron chi connectivity index (χ1n) is 5.85. The maximum atomic E-state index is 11.6. The van der Waals surface area contributed by atoms with Gasteiger partial charge in [-0.3, -0.25) is 4.79 Å². The van der Waals surface area contributed by atoms with Crippen LogP contribution < -0.4 is 10.1 Å². The van der Waals surface area contributed by atoms with Crippen molar-refractivity contribution in [2.75, 3.05) is 13.2 Å². The van der Waals surface area contributed by atoms with Gasteiger partial charge in [-0.15, -0.1) is 0 Å². The molecule has 0 saturated heterocycles. The number of aromatic hydroxyl groups is 1. The Morgan fingerprint density at radius 1 is 1.39 bits per heavy atom. The predicted molar refractivity (Wildman–Crippen MR) is 67.5 cm³/mol. The van der Waals surface area contributed by atoms with Crippen LogP contribution in [0.15, 0.2) is 24.3 Å². The Labute approximate surface area is 106 Å². The number of amides is 1. The van der Waals surface area contributed by atoms with E-state index in [-0.39, 0.29) is 42.6 Å². The lowest BCUT2D eigenvalue weighted by Crippen LogP contribution is -2.43. The Morgan fingerprint density at radius 2 is 2.06 bits per heavy atom. The van der Waals surface area contributed by atoms with E-state index in [1.165, 1.54) is 6.07 Å². The van der Waals surface area contributed by atoms with E-state index in [0.29, 0.717) is 0 Å². The average molecular weight is 253 g/mol. The fourth-order valence-electron chi connectivity index (χ4n) is 1.39. The summed E-state index contributed by atoms with van der Waals surface area (Å²) in [5, 5.41) is 21.2. The van der Waals surface area contributed by atoms with Crippen molar-refractivity contribution >= 4 is 5.91 Å². The number of aliphatic hydroxyl groups is 1. The molecule has 0 fully saturated rings. The highest BCUT2D eigenvalue weighted by Gasteiger charge is 2.15. The topological polar surface area (TPSA) is 78.8 Å². The number of carbonyl (C=O) groups excluding carboxylic acids is 1. The quantitative estimate of drug-likeness (QED) is 0.704. The Hall–Kier alpha value is -1.75. The van der Waals surface area contributed by atoms with Gasteiger partial charge in [0.2, 0.25) is 0 Å². The van der Waals surface area contributed by atoms with Crippen LogP contribution in [0.2, 0.25) is 0 Å². The molecule has 18 heavy (non-hydrogen) atoms. The summed E-state index contributed by atoms with van der Waals surface area (Å²) < 4.78 is 5.18. The van der Waals surface area contributed by atoms with E-state index in [1.807, 2.05) is 13.8 Å². The maximum Gasteiger partial charge on any atom is 0.258 e. The molecule has 1 atom stereocenters. The normalized spacial score (nSPS) is 12.2. The first-order valence-corrected chi connectivity index (χ1v) is 5.85. The summed E-state index contributed by atoms with van der Waals surface area (Å²) in [6.07, 6.45) is 0. The molecule has 5 nitrogen and oxygen atoms in total. The second-order valence-electron chi connectivity index (χ2n) is 4.36. The van der Waals surface area contributed by atoms with Gasteiger partial charge in [-0.05, 0) is 18.1 Å². The third-order valence-electron chi connectivity index (χ3n) is 2.57. The van der Waals surface area contributed by atoms with Crippen molar-refractivity contribution < 1.29 is 19.7 Å². The molecule has 0 spiro atoms. The summed E-state index contributed by atoms with van der Waals surface area (Å²) >= 11 is 0. The van der Waals surface area contributed by atoms with Gasteiger partial charge in [0.1, 0.15) is 0 Å². The SMILES string of the molecule is CC(C)C(CO)NC(=O)COc1ccccc1O. The fourth-order valence-corrected chi connectivity index (χ4v) is 1.39. The molecule has 1 aromatic carbocycles. The summed E-state index contributed by atoms with van der Waals surface area (Å²) in [5.41, 5.74) is 0. The van der Waals surface area contributed by atoms with Gasteiger partial charge in [0.15, 0.2) is 18.1 Å². The van der Waals surface area contributed by atoms with Gasteiger partial charge in [0.05, 0.1) is 12.6 Å². The van der Waals surface area contributed by atoms with Gasteiger partial charge in [0, 0.05) is 0 Å². The van der Waals surface area contributed by atoms with Gasteiger partial charge in [-0.2, -0.15) is 0 Å². The first-order chi connectivity index (χ1) is 8.54. The number of nitrogens with one attached hydrogen (secondary N) is 1. The second-order valence-corrected chi connectivity index (χ2v) is 4.36. The molecular formula is C13H19NO4. The van der Waals surface area contributed by atoms with Crippen LogP contribution in [0, 0.1) is 5.92 Å². The van der Waals surface area contributed by atoms with E-state index in [9.17, 15) is 9.90 Å². The summed E-state index contributed by atoms with van der Waals surface area (Å²) in [5.74, 6) is 0.0701. The molecule has 0 aromatic heterocycles. The number of ether oxygens (including phenoxy) is 1. The largest absolute Gasteiger partial charge is 0.504 e. The molecule has 0 radical (unpaired) electrons. The monoisotopic (exact) mass is 253 g/mol. The lowest BCUT2D eigenvalue weighted by atomic mass is 10.1. The second kappa shape index (κ2) is 6.86. The van der Waals surface area contributed by atoms with E-state index in [4.69, 9.17) is 9.84 Å². The molecule has 0 saturated carbocycles. The van der Waals surface area contributed by atoms with Crippen LogP contribution in [-0.2, 0) is 4.79 Å². The van der Waals surface area contributed by atoms with Crippen molar-refractivity contribution in [2.45, 2.75) is 19.9 Å². The number of para-hydroxylation sites is 2. The number of hydrogen-bond acceptors (Lipinski definition) is 4.